The summed E-state index contributed by atoms with van der Waals surface area (Å²) >= 11 is 0. The topological polar surface area (TPSA) is 49.8 Å². The monoisotopic (exact) mass is 234 g/mol. The number of nitrogens with one attached hydrogen (secondary N) is 2. The van der Waals surface area contributed by atoms with Crippen molar-refractivity contribution in [2.45, 2.75) is 26.1 Å². The van der Waals surface area contributed by atoms with Crippen molar-refractivity contribution >= 4 is 11.6 Å². The third kappa shape index (κ3) is 3.25. The van der Waals surface area contributed by atoms with Gasteiger partial charge >= 0.3 is 6.18 Å². The van der Waals surface area contributed by atoms with Gasteiger partial charge < -0.3 is 10.6 Å². The van der Waals surface area contributed by atoms with Gasteiger partial charge in [-0.2, -0.15) is 13.2 Å². The number of halogens is 3. The van der Waals surface area contributed by atoms with Gasteiger partial charge in [0.05, 0.1) is 0 Å². The Morgan fingerprint density at radius 1 is 1.19 bits per heavy atom. The second-order valence-electron chi connectivity index (χ2n) is 3.51. The molecule has 0 bridgehead atoms. The summed E-state index contributed by atoms with van der Waals surface area (Å²) in [6.07, 6.45) is -4.54. The minimum absolute atomic E-state index is 0.000639. The molecule has 0 aliphatic carbocycles. The van der Waals surface area contributed by atoms with E-state index < -0.39 is 12.0 Å². The highest BCUT2D eigenvalue weighted by Crippen LogP contribution is 2.28. The summed E-state index contributed by atoms with van der Waals surface area (Å²) in [5.41, 5.74) is 0. The Morgan fingerprint density at radius 2 is 1.75 bits per heavy atom. The standard InChI is InChI=1S/C9H13F3N4/c1-5(2)14-7-4-6(13-3)15-8(16-7)9(10,11)12/h4-5H,1-3H3,(H2,13,14,15,16). The predicted molar refractivity (Wildman–Crippen MR) is 55.3 cm³/mol. The minimum atomic E-state index is -4.54. The molecule has 1 rings (SSSR count). The first-order valence-electron chi connectivity index (χ1n) is 4.73. The minimum Gasteiger partial charge on any atom is -0.373 e. The van der Waals surface area contributed by atoms with Gasteiger partial charge in [-0.3, -0.25) is 0 Å². The van der Waals surface area contributed by atoms with Crippen LogP contribution in [-0.2, 0) is 6.18 Å². The molecule has 0 amide bonds. The number of hydrogen-bond acceptors (Lipinski definition) is 4. The van der Waals surface area contributed by atoms with Crippen LogP contribution in [0.2, 0.25) is 0 Å². The Bertz CT molecular complexity index is 362. The van der Waals surface area contributed by atoms with Gasteiger partial charge in [-0.1, -0.05) is 0 Å². The lowest BCUT2D eigenvalue weighted by atomic mass is 10.4. The average Bonchev–Trinajstić information content (AvgIpc) is 2.14. The lowest BCUT2D eigenvalue weighted by Gasteiger charge is -2.13. The molecule has 1 aromatic heterocycles. The van der Waals surface area contributed by atoms with E-state index in [0.717, 1.165) is 0 Å². The van der Waals surface area contributed by atoms with E-state index in [4.69, 9.17) is 0 Å². The van der Waals surface area contributed by atoms with E-state index in [2.05, 4.69) is 20.6 Å². The van der Waals surface area contributed by atoms with Crippen LogP contribution in [0.4, 0.5) is 24.8 Å². The SMILES string of the molecule is CNc1cc(NC(C)C)nc(C(F)(F)F)n1. The Morgan fingerprint density at radius 3 is 2.19 bits per heavy atom. The zero-order valence-corrected chi connectivity index (χ0v) is 9.18. The van der Waals surface area contributed by atoms with Crippen LogP contribution in [0.25, 0.3) is 0 Å². The van der Waals surface area contributed by atoms with E-state index in [1.807, 2.05) is 13.8 Å². The molecule has 0 saturated carbocycles. The molecule has 0 fully saturated rings. The van der Waals surface area contributed by atoms with E-state index >= 15 is 0 Å². The zero-order chi connectivity index (χ0) is 12.3. The summed E-state index contributed by atoms with van der Waals surface area (Å²) in [6, 6.07) is 1.43. The molecule has 7 heteroatoms. The first-order chi connectivity index (χ1) is 7.32. The van der Waals surface area contributed by atoms with Gasteiger partial charge in [-0.15, -0.1) is 0 Å². The molecule has 0 aromatic carbocycles. The summed E-state index contributed by atoms with van der Waals surface area (Å²) in [7, 11) is 1.50. The van der Waals surface area contributed by atoms with Gasteiger partial charge in [0.1, 0.15) is 11.6 Å². The molecule has 90 valence electrons. The van der Waals surface area contributed by atoms with Crippen LogP contribution in [0.3, 0.4) is 0 Å². The molecule has 0 spiro atoms. The molecule has 0 unspecified atom stereocenters. The molecule has 0 aliphatic rings. The third-order valence-electron chi connectivity index (χ3n) is 1.67. The summed E-state index contributed by atoms with van der Waals surface area (Å²) < 4.78 is 37.3. The first kappa shape index (κ1) is 12.5. The Balaban J connectivity index is 3.11. The number of alkyl halides is 3. The second kappa shape index (κ2) is 4.54. The fourth-order valence-corrected chi connectivity index (χ4v) is 1.07. The Hall–Kier alpha value is -1.53. The smallest absolute Gasteiger partial charge is 0.373 e. The van der Waals surface area contributed by atoms with Crippen molar-refractivity contribution in [2.75, 3.05) is 17.7 Å². The van der Waals surface area contributed by atoms with Gasteiger partial charge in [0.2, 0.25) is 5.82 Å². The van der Waals surface area contributed by atoms with Crippen molar-refractivity contribution in [2.24, 2.45) is 0 Å². The van der Waals surface area contributed by atoms with Gasteiger partial charge in [0, 0.05) is 19.2 Å². The maximum atomic E-state index is 12.4. The van der Waals surface area contributed by atoms with Gasteiger partial charge in [-0.25, -0.2) is 9.97 Å². The van der Waals surface area contributed by atoms with Crippen molar-refractivity contribution in [3.63, 3.8) is 0 Å². The van der Waals surface area contributed by atoms with Crippen LogP contribution >= 0.6 is 0 Å². The molecule has 0 saturated heterocycles. The fourth-order valence-electron chi connectivity index (χ4n) is 1.07. The second-order valence-corrected chi connectivity index (χ2v) is 3.51. The van der Waals surface area contributed by atoms with E-state index in [1.165, 1.54) is 13.1 Å². The Kier molecular flexibility index (Phi) is 3.56. The molecule has 1 heterocycles. The molecule has 0 atom stereocenters. The highest BCUT2D eigenvalue weighted by Gasteiger charge is 2.35. The summed E-state index contributed by atoms with van der Waals surface area (Å²) in [5, 5.41) is 5.36. The van der Waals surface area contributed by atoms with Gasteiger partial charge in [0.25, 0.3) is 0 Å². The predicted octanol–water partition coefficient (Wildman–Crippen LogP) is 2.36. The van der Waals surface area contributed by atoms with Crippen molar-refractivity contribution in [3.05, 3.63) is 11.9 Å². The van der Waals surface area contributed by atoms with Gasteiger partial charge in [0.15, 0.2) is 0 Å². The fraction of sp³-hybridized carbons (Fsp3) is 0.556. The van der Waals surface area contributed by atoms with Crippen LogP contribution in [0.5, 0.6) is 0 Å². The normalized spacial score (nSPS) is 11.7. The third-order valence-corrected chi connectivity index (χ3v) is 1.67. The number of nitrogens with zero attached hydrogens (tertiary/aromatic N) is 2. The molecule has 1 aromatic rings. The molecular formula is C9H13F3N4. The molecule has 0 radical (unpaired) electrons. The van der Waals surface area contributed by atoms with Crippen molar-refractivity contribution < 1.29 is 13.2 Å². The summed E-state index contributed by atoms with van der Waals surface area (Å²) in [6.45, 7) is 3.63. The summed E-state index contributed by atoms with van der Waals surface area (Å²) in [5.74, 6) is -0.866. The van der Waals surface area contributed by atoms with Crippen molar-refractivity contribution in [3.8, 4) is 0 Å². The number of hydrogen-bond donors (Lipinski definition) is 2. The largest absolute Gasteiger partial charge is 0.451 e. The maximum absolute atomic E-state index is 12.4. The molecule has 2 N–H and O–H groups in total. The highest BCUT2D eigenvalue weighted by molar-refractivity contribution is 5.47. The average molecular weight is 234 g/mol. The Labute approximate surface area is 91.3 Å². The number of aromatic nitrogens is 2. The van der Waals surface area contributed by atoms with Crippen LogP contribution in [-0.4, -0.2) is 23.1 Å². The van der Waals surface area contributed by atoms with Crippen LogP contribution in [0, 0.1) is 0 Å². The van der Waals surface area contributed by atoms with Crippen LogP contribution in [0.15, 0.2) is 6.07 Å². The molecular weight excluding hydrogens is 221 g/mol. The summed E-state index contributed by atoms with van der Waals surface area (Å²) in [4.78, 5) is 6.75. The maximum Gasteiger partial charge on any atom is 0.451 e. The van der Waals surface area contributed by atoms with Gasteiger partial charge in [-0.05, 0) is 13.8 Å². The van der Waals surface area contributed by atoms with E-state index in [9.17, 15) is 13.2 Å². The highest BCUT2D eigenvalue weighted by atomic mass is 19.4. The lowest BCUT2D eigenvalue weighted by Crippen LogP contribution is -2.17. The van der Waals surface area contributed by atoms with E-state index in [0.29, 0.717) is 0 Å². The molecule has 4 nitrogen and oxygen atoms in total. The molecule has 0 aliphatic heterocycles. The van der Waals surface area contributed by atoms with Crippen LogP contribution < -0.4 is 10.6 Å². The van der Waals surface area contributed by atoms with E-state index in [-0.39, 0.29) is 17.7 Å². The van der Waals surface area contributed by atoms with Crippen molar-refractivity contribution in [1.29, 1.82) is 0 Å². The van der Waals surface area contributed by atoms with Crippen molar-refractivity contribution in [1.82, 2.24) is 9.97 Å². The number of rotatable bonds is 3. The van der Waals surface area contributed by atoms with E-state index in [1.54, 1.807) is 0 Å². The number of anilines is 2. The lowest BCUT2D eigenvalue weighted by molar-refractivity contribution is -0.144. The quantitative estimate of drug-likeness (QED) is 0.842. The molecule has 16 heavy (non-hydrogen) atoms. The zero-order valence-electron chi connectivity index (χ0n) is 9.18. The first-order valence-corrected chi connectivity index (χ1v) is 4.73. The van der Waals surface area contributed by atoms with Crippen LogP contribution in [0.1, 0.15) is 19.7 Å².